The zero-order chi connectivity index (χ0) is 26.3. The summed E-state index contributed by atoms with van der Waals surface area (Å²) in [5.41, 5.74) is 10.9. The van der Waals surface area contributed by atoms with E-state index in [0.717, 1.165) is 22.5 Å². The maximum Gasteiger partial charge on any atom is 0.240 e. The lowest BCUT2D eigenvalue weighted by molar-refractivity contribution is 0.146. The highest BCUT2D eigenvalue weighted by Crippen LogP contribution is 2.32. The van der Waals surface area contributed by atoms with Gasteiger partial charge in [0.2, 0.25) is 11.8 Å². The predicted molar refractivity (Wildman–Crippen MR) is 140 cm³/mol. The highest BCUT2D eigenvalue weighted by molar-refractivity contribution is 5.76. The molecule has 3 N–H and O–H groups in total. The van der Waals surface area contributed by atoms with Crippen LogP contribution in [-0.2, 0) is 20.1 Å². The van der Waals surface area contributed by atoms with Crippen molar-refractivity contribution in [3.63, 3.8) is 0 Å². The van der Waals surface area contributed by atoms with Crippen molar-refractivity contribution in [3.8, 4) is 23.0 Å². The van der Waals surface area contributed by atoms with Crippen LogP contribution in [0.4, 0.5) is 5.82 Å². The van der Waals surface area contributed by atoms with E-state index in [4.69, 9.17) is 15.2 Å². The highest BCUT2D eigenvalue weighted by atomic mass is 16.5. The molecule has 1 atom stereocenters. The number of nitrogens with two attached hydrogens (primary N) is 1. The molecule has 2 bridgehead atoms. The van der Waals surface area contributed by atoms with Crippen LogP contribution in [0.2, 0.25) is 0 Å². The Hall–Kier alpha value is -3.90. The predicted octanol–water partition coefficient (Wildman–Crippen LogP) is 2.07. The summed E-state index contributed by atoms with van der Waals surface area (Å²) in [6, 6.07) is 0. The SMILES string of the molecule is CC(C)Oc1nn(CCO)c2c1/C=C/c1cnc3c(N)nc(cn13)-c1cnn(C)c1O[C@@H](C)CN(C)C2. The van der Waals surface area contributed by atoms with E-state index in [1.807, 2.05) is 62.3 Å². The number of likely N-dealkylation sites (N-methyl/N-ethyl adjacent to an activating group) is 1. The van der Waals surface area contributed by atoms with E-state index in [1.54, 1.807) is 17.1 Å². The number of aromatic nitrogens is 7. The molecule has 0 saturated carbocycles. The Balaban J connectivity index is 1.71. The van der Waals surface area contributed by atoms with Gasteiger partial charge in [0.1, 0.15) is 6.10 Å². The summed E-state index contributed by atoms with van der Waals surface area (Å²) in [5, 5.41) is 18.8. The first-order chi connectivity index (χ1) is 17.7. The van der Waals surface area contributed by atoms with Crippen LogP contribution >= 0.6 is 0 Å². The van der Waals surface area contributed by atoms with Crippen molar-refractivity contribution in [2.75, 3.05) is 25.9 Å². The van der Waals surface area contributed by atoms with E-state index >= 15 is 0 Å². The fourth-order valence-corrected chi connectivity index (χ4v) is 4.59. The number of aliphatic hydroxyl groups excluding tert-OH is 1. The average molecular weight is 508 g/mol. The zero-order valence-corrected chi connectivity index (χ0v) is 21.8. The molecule has 12 nitrogen and oxygen atoms in total. The molecule has 4 aromatic heterocycles. The van der Waals surface area contributed by atoms with Gasteiger partial charge in [-0.25, -0.2) is 14.6 Å². The van der Waals surface area contributed by atoms with Crippen LogP contribution < -0.4 is 15.2 Å². The molecule has 0 unspecified atom stereocenters. The van der Waals surface area contributed by atoms with Gasteiger partial charge in [-0.1, -0.05) is 0 Å². The first-order valence-corrected chi connectivity index (χ1v) is 12.3. The third-order valence-electron chi connectivity index (χ3n) is 6.15. The molecule has 37 heavy (non-hydrogen) atoms. The summed E-state index contributed by atoms with van der Waals surface area (Å²) in [4.78, 5) is 11.2. The zero-order valence-electron chi connectivity index (χ0n) is 21.8. The third kappa shape index (κ3) is 4.77. The molecular weight excluding hydrogens is 474 g/mol. The maximum atomic E-state index is 9.71. The molecule has 0 amide bonds. The van der Waals surface area contributed by atoms with Crippen molar-refractivity contribution in [2.45, 2.75) is 46.1 Å². The number of hydrogen-bond acceptors (Lipinski definition) is 9. The van der Waals surface area contributed by atoms with Crippen LogP contribution in [0.3, 0.4) is 0 Å². The Morgan fingerprint density at radius 3 is 2.81 bits per heavy atom. The molecule has 0 fully saturated rings. The highest BCUT2D eigenvalue weighted by Gasteiger charge is 2.23. The molecule has 0 aromatic carbocycles. The molecule has 0 spiro atoms. The van der Waals surface area contributed by atoms with Crippen LogP contribution in [-0.4, -0.2) is 76.3 Å². The topological polar surface area (TPSA) is 134 Å². The minimum Gasteiger partial charge on any atom is -0.473 e. The Morgan fingerprint density at radius 2 is 2.05 bits per heavy atom. The molecule has 1 aliphatic rings. The quantitative estimate of drug-likeness (QED) is 0.426. The molecule has 5 rings (SSSR count). The van der Waals surface area contributed by atoms with Crippen molar-refractivity contribution < 1.29 is 14.6 Å². The Kier molecular flexibility index (Phi) is 6.61. The Bertz CT molecular complexity index is 1450. The largest absolute Gasteiger partial charge is 0.473 e. The molecule has 0 radical (unpaired) electrons. The first-order valence-electron chi connectivity index (χ1n) is 12.3. The van der Waals surface area contributed by atoms with Crippen molar-refractivity contribution in [2.24, 2.45) is 7.05 Å². The summed E-state index contributed by atoms with van der Waals surface area (Å²) in [6.07, 6.45) is 9.10. The van der Waals surface area contributed by atoms with E-state index in [-0.39, 0.29) is 18.8 Å². The van der Waals surface area contributed by atoms with Gasteiger partial charge < -0.3 is 20.3 Å². The van der Waals surface area contributed by atoms with Gasteiger partial charge in [-0.05, 0) is 40.0 Å². The van der Waals surface area contributed by atoms with Crippen LogP contribution in [0.1, 0.15) is 37.7 Å². The Labute approximate surface area is 214 Å². The number of aliphatic hydroxyl groups is 1. The standard InChI is InChI=1S/C25H33N9O3/c1-15(2)36-24-18-7-6-17-10-27-23-22(26)29-20(13-33(17)23)19-11-28-32(5)25(19)37-16(3)12-31(4)14-21(18)34(30-24)8-9-35/h6-7,10-11,13,15-16,35H,8-9,12,14H2,1-5H3,(H2,26,29)/b7-6+/t16-/m0/s1. The van der Waals surface area contributed by atoms with Crippen molar-refractivity contribution in [1.82, 2.24) is 38.8 Å². The summed E-state index contributed by atoms with van der Waals surface area (Å²) in [5.74, 6) is 1.44. The summed E-state index contributed by atoms with van der Waals surface area (Å²) in [6.45, 7) is 7.48. The number of nitrogen functional groups attached to an aromatic ring is 1. The van der Waals surface area contributed by atoms with E-state index in [2.05, 4.69) is 25.1 Å². The van der Waals surface area contributed by atoms with Gasteiger partial charge in [0, 0.05) is 26.3 Å². The molecule has 196 valence electrons. The molecule has 1 aliphatic heterocycles. The first kappa shape index (κ1) is 24.8. The smallest absolute Gasteiger partial charge is 0.240 e. The monoisotopic (exact) mass is 507 g/mol. The van der Waals surface area contributed by atoms with Crippen molar-refractivity contribution in [3.05, 3.63) is 35.5 Å². The summed E-state index contributed by atoms with van der Waals surface area (Å²) >= 11 is 0. The number of nitrogens with zero attached hydrogens (tertiary/aromatic N) is 8. The summed E-state index contributed by atoms with van der Waals surface area (Å²) < 4.78 is 17.9. The Morgan fingerprint density at radius 1 is 1.24 bits per heavy atom. The summed E-state index contributed by atoms with van der Waals surface area (Å²) in [7, 11) is 3.87. The average Bonchev–Trinajstić information content (AvgIpc) is 3.49. The van der Waals surface area contributed by atoms with Gasteiger partial charge in [0.25, 0.3) is 0 Å². The minimum atomic E-state index is -0.159. The van der Waals surface area contributed by atoms with E-state index in [0.29, 0.717) is 48.6 Å². The van der Waals surface area contributed by atoms with Crippen molar-refractivity contribution in [1.29, 1.82) is 0 Å². The number of fused-ring (bicyclic) bond motifs is 4. The fraction of sp³-hybridized carbons (Fsp3) is 0.440. The lowest BCUT2D eigenvalue weighted by Crippen LogP contribution is -2.32. The number of ether oxygens (including phenoxy) is 2. The van der Waals surface area contributed by atoms with Gasteiger partial charge >= 0.3 is 0 Å². The molecular formula is C25H33N9O3. The second kappa shape index (κ2) is 9.87. The van der Waals surface area contributed by atoms with Crippen LogP contribution in [0.25, 0.3) is 29.1 Å². The van der Waals surface area contributed by atoms with Gasteiger partial charge in [-0.3, -0.25) is 14.0 Å². The van der Waals surface area contributed by atoms with Crippen molar-refractivity contribution >= 4 is 23.6 Å². The molecule has 0 saturated heterocycles. The van der Waals surface area contributed by atoms with Crippen LogP contribution in [0.15, 0.2) is 18.6 Å². The molecule has 4 aromatic rings. The number of imidazole rings is 1. The molecule has 5 heterocycles. The van der Waals surface area contributed by atoms with Gasteiger partial charge in [0.15, 0.2) is 11.5 Å². The van der Waals surface area contributed by atoms with Gasteiger partial charge in [0.05, 0.1) is 59.9 Å². The van der Waals surface area contributed by atoms with E-state index < -0.39 is 0 Å². The molecule has 12 heteroatoms. The van der Waals surface area contributed by atoms with E-state index in [9.17, 15) is 5.11 Å². The van der Waals surface area contributed by atoms with E-state index in [1.165, 1.54) is 0 Å². The van der Waals surface area contributed by atoms with Crippen LogP contribution in [0, 0.1) is 0 Å². The minimum absolute atomic E-state index is 0.0340. The maximum absolute atomic E-state index is 9.71. The third-order valence-corrected chi connectivity index (χ3v) is 6.15. The molecule has 0 aliphatic carbocycles. The number of anilines is 1. The number of hydrogen-bond donors (Lipinski definition) is 2. The normalized spacial score (nSPS) is 17.3. The fourth-order valence-electron chi connectivity index (χ4n) is 4.59. The lowest BCUT2D eigenvalue weighted by atomic mass is 10.2. The number of aryl methyl sites for hydroxylation is 1. The second-order valence-electron chi connectivity index (χ2n) is 9.61. The van der Waals surface area contributed by atoms with Gasteiger partial charge in [-0.15, -0.1) is 5.10 Å². The number of rotatable bonds is 4. The van der Waals surface area contributed by atoms with Crippen LogP contribution in [0.5, 0.6) is 11.8 Å². The second-order valence-corrected chi connectivity index (χ2v) is 9.61. The van der Waals surface area contributed by atoms with Gasteiger partial charge in [-0.2, -0.15) is 5.10 Å². The lowest BCUT2D eigenvalue weighted by Gasteiger charge is -2.23.